The molecule has 1 spiro atoms. The first-order valence-electron chi connectivity index (χ1n) is 6.44. The molecule has 0 saturated carbocycles. The van der Waals surface area contributed by atoms with E-state index in [4.69, 9.17) is 4.74 Å². The van der Waals surface area contributed by atoms with E-state index in [-0.39, 0.29) is 11.5 Å². The number of rotatable bonds is 1. The molecular weight excluding hydrogens is 218 g/mol. The van der Waals surface area contributed by atoms with Gasteiger partial charge in [-0.1, -0.05) is 12.2 Å². The number of aliphatic hydroxyl groups is 1. The first kappa shape index (κ1) is 12.4. The second-order valence-corrected chi connectivity index (χ2v) is 5.00. The van der Waals surface area contributed by atoms with Crippen molar-refractivity contribution < 1.29 is 14.6 Å². The summed E-state index contributed by atoms with van der Waals surface area (Å²) in [4.78, 5) is 13.5. The summed E-state index contributed by atoms with van der Waals surface area (Å²) in [5.41, 5.74) is -0.139. The van der Waals surface area contributed by atoms with E-state index in [9.17, 15) is 9.90 Å². The standard InChI is InChI=1S/C13H21NO3/c1-2-17-12(16)14-9-5-8-13(10-14)7-4-3-6-11(13)15/h3,6,11,15H,2,4-5,7-10H2,1H3. The van der Waals surface area contributed by atoms with Gasteiger partial charge < -0.3 is 14.7 Å². The molecular formula is C13H21NO3. The van der Waals surface area contributed by atoms with Crippen LogP contribution in [0.5, 0.6) is 0 Å². The monoisotopic (exact) mass is 239 g/mol. The average Bonchev–Trinajstić information content (AvgIpc) is 2.34. The Hall–Kier alpha value is -1.03. The van der Waals surface area contributed by atoms with E-state index in [2.05, 4.69) is 0 Å². The molecule has 4 heteroatoms. The van der Waals surface area contributed by atoms with Crippen molar-refractivity contribution in [1.29, 1.82) is 0 Å². The summed E-state index contributed by atoms with van der Waals surface area (Å²) in [6.45, 7) is 3.59. The lowest BCUT2D eigenvalue weighted by Gasteiger charge is -2.45. The van der Waals surface area contributed by atoms with Gasteiger partial charge in [-0.15, -0.1) is 0 Å². The van der Waals surface area contributed by atoms with Gasteiger partial charge in [0.1, 0.15) is 0 Å². The van der Waals surface area contributed by atoms with E-state index in [0.717, 1.165) is 32.2 Å². The number of piperidine rings is 1. The van der Waals surface area contributed by atoms with E-state index < -0.39 is 6.10 Å². The van der Waals surface area contributed by atoms with Gasteiger partial charge in [-0.3, -0.25) is 0 Å². The van der Waals surface area contributed by atoms with Crippen LogP contribution >= 0.6 is 0 Å². The molecule has 17 heavy (non-hydrogen) atoms. The fraction of sp³-hybridized carbons (Fsp3) is 0.769. The van der Waals surface area contributed by atoms with Gasteiger partial charge in [-0.2, -0.15) is 0 Å². The van der Waals surface area contributed by atoms with Gasteiger partial charge in [0.25, 0.3) is 0 Å². The zero-order chi connectivity index (χ0) is 12.3. The summed E-state index contributed by atoms with van der Waals surface area (Å²) >= 11 is 0. The topological polar surface area (TPSA) is 49.8 Å². The molecule has 0 radical (unpaired) electrons. The molecule has 0 aromatic carbocycles. The van der Waals surface area contributed by atoms with E-state index >= 15 is 0 Å². The predicted octanol–water partition coefficient (Wildman–Crippen LogP) is 1.94. The molecule has 0 aromatic rings. The molecule has 2 rings (SSSR count). The van der Waals surface area contributed by atoms with Crippen LogP contribution in [0, 0.1) is 5.41 Å². The van der Waals surface area contributed by atoms with Crippen molar-refractivity contribution in [3.63, 3.8) is 0 Å². The molecule has 1 amide bonds. The number of hydrogen-bond acceptors (Lipinski definition) is 3. The maximum absolute atomic E-state index is 11.7. The van der Waals surface area contributed by atoms with Crippen LogP contribution in [-0.4, -0.2) is 41.9 Å². The third-order valence-corrected chi connectivity index (χ3v) is 3.89. The number of nitrogens with zero attached hydrogens (tertiary/aromatic N) is 1. The second-order valence-electron chi connectivity index (χ2n) is 5.00. The number of carbonyl (C=O) groups excluding carboxylic acids is 1. The summed E-state index contributed by atoms with van der Waals surface area (Å²) in [6, 6.07) is 0. The van der Waals surface area contributed by atoms with Crippen molar-refractivity contribution in [2.45, 2.75) is 38.7 Å². The average molecular weight is 239 g/mol. The zero-order valence-electron chi connectivity index (χ0n) is 10.4. The summed E-state index contributed by atoms with van der Waals surface area (Å²) in [6.07, 6.45) is 7.13. The molecule has 1 aliphatic carbocycles. The summed E-state index contributed by atoms with van der Waals surface area (Å²) in [7, 11) is 0. The van der Waals surface area contributed by atoms with Gasteiger partial charge in [-0.05, 0) is 32.6 Å². The van der Waals surface area contributed by atoms with Crippen molar-refractivity contribution in [1.82, 2.24) is 4.90 Å². The third-order valence-electron chi connectivity index (χ3n) is 3.89. The van der Waals surface area contributed by atoms with Crippen molar-refractivity contribution in [3.05, 3.63) is 12.2 Å². The second kappa shape index (κ2) is 5.08. The molecule has 2 unspecified atom stereocenters. The van der Waals surface area contributed by atoms with Crippen LogP contribution in [0.15, 0.2) is 12.2 Å². The number of allylic oxidation sites excluding steroid dienone is 1. The fourth-order valence-corrected chi connectivity index (χ4v) is 2.92. The highest BCUT2D eigenvalue weighted by Crippen LogP contribution is 2.41. The molecule has 1 aliphatic heterocycles. The van der Waals surface area contributed by atoms with Gasteiger partial charge in [0, 0.05) is 18.5 Å². The molecule has 1 N–H and O–H groups in total. The van der Waals surface area contributed by atoms with Crippen LogP contribution in [0.1, 0.15) is 32.6 Å². The van der Waals surface area contributed by atoms with Gasteiger partial charge in [0.15, 0.2) is 0 Å². The summed E-state index contributed by atoms with van der Waals surface area (Å²) in [5, 5.41) is 10.1. The SMILES string of the molecule is CCOC(=O)N1CCCC2(CCC=CC2O)C1. The van der Waals surface area contributed by atoms with Crippen molar-refractivity contribution in [3.8, 4) is 0 Å². The first-order chi connectivity index (χ1) is 8.18. The normalized spacial score (nSPS) is 32.8. The Balaban J connectivity index is 2.05. The fourth-order valence-electron chi connectivity index (χ4n) is 2.92. The highest BCUT2D eigenvalue weighted by molar-refractivity contribution is 5.67. The Kier molecular flexibility index (Phi) is 3.72. The van der Waals surface area contributed by atoms with Crippen LogP contribution in [0.4, 0.5) is 4.79 Å². The maximum atomic E-state index is 11.7. The van der Waals surface area contributed by atoms with E-state index in [1.807, 2.05) is 19.1 Å². The minimum Gasteiger partial charge on any atom is -0.450 e. The zero-order valence-corrected chi connectivity index (χ0v) is 10.4. The number of hydrogen-bond donors (Lipinski definition) is 1. The summed E-state index contributed by atoms with van der Waals surface area (Å²) in [5.74, 6) is 0. The smallest absolute Gasteiger partial charge is 0.409 e. The third kappa shape index (κ3) is 2.46. The molecule has 2 atom stereocenters. The molecule has 96 valence electrons. The van der Waals surface area contributed by atoms with Gasteiger partial charge in [0.2, 0.25) is 0 Å². The largest absolute Gasteiger partial charge is 0.450 e. The predicted molar refractivity (Wildman–Crippen MR) is 64.6 cm³/mol. The van der Waals surface area contributed by atoms with Gasteiger partial charge >= 0.3 is 6.09 Å². The van der Waals surface area contributed by atoms with Gasteiger partial charge in [0.05, 0.1) is 12.7 Å². The van der Waals surface area contributed by atoms with Crippen molar-refractivity contribution >= 4 is 6.09 Å². The molecule has 0 aromatic heterocycles. The van der Waals surface area contributed by atoms with Crippen molar-refractivity contribution in [2.75, 3.05) is 19.7 Å². The molecule has 2 aliphatic rings. The Morgan fingerprint density at radius 1 is 1.59 bits per heavy atom. The number of aliphatic hydroxyl groups excluding tert-OH is 1. The quantitative estimate of drug-likeness (QED) is 0.711. The minimum atomic E-state index is -0.423. The van der Waals surface area contributed by atoms with E-state index in [1.165, 1.54) is 0 Å². The molecule has 1 fully saturated rings. The Labute approximate surface area is 102 Å². The Morgan fingerprint density at radius 2 is 2.41 bits per heavy atom. The highest BCUT2D eigenvalue weighted by Gasteiger charge is 2.42. The number of amides is 1. The number of ether oxygens (including phenoxy) is 1. The number of likely N-dealkylation sites (tertiary alicyclic amines) is 1. The van der Waals surface area contributed by atoms with E-state index in [0.29, 0.717) is 13.2 Å². The summed E-state index contributed by atoms with van der Waals surface area (Å²) < 4.78 is 5.04. The van der Waals surface area contributed by atoms with E-state index in [1.54, 1.807) is 4.90 Å². The Bertz CT molecular complexity index is 316. The lowest BCUT2D eigenvalue weighted by Crippen LogP contribution is -2.51. The van der Waals surface area contributed by atoms with Crippen molar-refractivity contribution in [2.24, 2.45) is 5.41 Å². The maximum Gasteiger partial charge on any atom is 0.409 e. The van der Waals surface area contributed by atoms with Crippen LogP contribution in [0.3, 0.4) is 0 Å². The van der Waals surface area contributed by atoms with Crippen LogP contribution in [0.25, 0.3) is 0 Å². The molecule has 4 nitrogen and oxygen atoms in total. The lowest BCUT2D eigenvalue weighted by molar-refractivity contribution is -0.0165. The molecule has 0 bridgehead atoms. The van der Waals surface area contributed by atoms with Crippen LogP contribution < -0.4 is 0 Å². The molecule has 1 heterocycles. The Morgan fingerprint density at radius 3 is 3.12 bits per heavy atom. The number of carbonyl (C=O) groups is 1. The van der Waals surface area contributed by atoms with Crippen LogP contribution in [-0.2, 0) is 4.74 Å². The highest BCUT2D eigenvalue weighted by atomic mass is 16.6. The van der Waals surface area contributed by atoms with Crippen LogP contribution in [0.2, 0.25) is 0 Å². The first-order valence-corrected chi connectivity index (χ1v) is 6.44. The minimum absolute atomic E-state index is 0.139. The molecule has 1 saturated heterocycles. The van der Waals surface area contributed by atoms with Gasteiger partial charge in [-0.25, -0.2) is 4.79 Å². The lowest BCUT2D eigenvalue weighted by atomic mass is 9.69.